The van der Waals surface area contributed by atoms with Gasteiger partial charge in [-0.05, 0) is 87.6 Å². The Morgan fingerprint density at radius 3 is 2.66 bits per heavy atom. The molecule has 9 heteroatoms. The van der Waals surface area contributed by atoms with Crippen LogP contribution in [0.4, 0.5) is 4.39 Å². The van der Waals surface area contributed by atoms with Gasteiger partial charge in [0.1, 0.15) is 5.82 Å². The minimum Gasteiger partial charge on any atom is -0.369 e. The molecule has 2 heterocycles. The topological polar surface area (TPSA) is 104 Å². The molecule has 0 bridgehead atoms. The zero-order valence-corrected chi connectivity index (χ0v) is 24.0. The Bertz CT molecular complexity index is 1500. The number of nitrogens with zero attached hydrogens (tertiary/aromatic N) is 2. The second-order valence-electron chi connectivity index (χ2n) is 11.0. The molecule has 8 nitrogen and oxygen atoms in total. The van der Waals surface area contributed by atoms with Crippen molar-refractivity contribution in [2.24, 2.45) is 0 Å². The van der Waals surface area contributed by atoms with Crippen molar-refractivity contribution < 1.29 is 18.7 Å². The van der Waals surface area contributed by atoms with E-state index in [1.807, 2.05) is 32.9 Å². The van der Waals surface area contributed by atoms with Crippen molar-refractivity contribution in [1.29, 1.82) is 0 Å². The van der Waals surface area contributed by atoms with Crippen LogP contribution in [0, 0.1) is 19.7 Å². The number of benzene rings is 2. The van der Waals surface area contributed by atoms with Gasteiger partial charge in [0.15, 0.2) is 0 Å². The number of nitrogens with one attached hydrogen (secondary N) is 2. The number of aromatic nitrogens is 2. The third kappa shape index (κ3) is 6.97. The Hall–Kier alpha value is -4.11. The van der Waals surface area contributed by atoms with Gasteiger partial charge in [0, 0.05) is 17.5 Å². The second-order valence-corrected chi connectivity index (χ2v) is 11.0. The van der Waals surface area contributed by atoms with Crippen molar-refractivity contribution in [3.8, 4) is 0 Å². The number of aryl methyl sites for hydroxylation is 2. The minimum atomic E-state index is -0.683. The zero-order chi connectivity index (χ0) is 29.7. The predicted octanol–water partition coefficient (Wildman–Crippen LogP) is 4.56. The Kier molecular flexibility index (Phi) is 9.18. The first kappa shape index (κ1) is 29.9. The standard InChI is InChI=1S/C32H37FN4O4/c1-6-14-41-32(4,5)28-13-12-27(23-8-7-9-26(33)18-23)37(28)29(38)19-34-30(39)24-11-10-22(20(2)15-24)17-25-16-21(3)35-36-31(25)40/h6-11,15-16,18,27-28H,1,12-14,17,19H2,2-5H3,(H,34,39)(H,36,40)/t27-,28+/m0/s1. The lowest BCUT2D eigenvalue weighted by atomic mass is 9.96. The Morgan fingerprint density at radius 1 is 1.17 bits per heavy atom. The average Bonchev–Trinajstić information content (AvgIpc) is 3.40. The van der Waals surface area contributed by atoms with E-state index in [1.54, 1.807) is 42.2 Å². The first-order valence-electron chi connectivity index (χ1n) is 13.7. The average molecular weight is 561 g/mol. The third-order valence-electron chi connectivity index (χ3n) is 7.68. The number of hydrogen-bond acceptors (Lipinski definition) is 5. The van der Waals surface area contributed by atoms with Crippen LogP contribution in [0.25, 0.3) is 0 Å². The van der Waals surface area contributed by atoms with Gasteiger partial charge in [-0.2, -0.15) is 5.10 Å². The van der Waals surface area contributed by atoms with E-state index in [-0.39, 0.29) is 41.8 Å². The van der Waals surface area contributed by atoms with E-state index in [2.05, 4.69) is 22.1 Å². The van der Waals surface area contributed by atoms with E-state index in [1.165, 1.54) is 12.1 Å². The summed E-state index contributed by atoms with van der Waals surface area (Å²) in [7, 11) is 0. The maximum absolute atomic E-state index is 14.1. The van der Waals surface area contributed by atoms with Crippen molar-refractivity contribution in [1.82, 2.24) is 20.4 Å². The van der Waals surface area contributed by atoms with E-state index in [0.29, 0.717) is 48.3 Å². The molecular weight excluding hydrogens is 523 g/mol. The summed E-state index contributed by atoms with van der Waals surface area (Å²) in [5, 5.41) is 9.16. The van der Waals surface area contributed by atoms with Crippen molar-refractivity contribution >= 4 is 11.8 Å². The van der Waals surface area contributed by atoms with E-state index in [9.17, 15) is 18.8 Å². The zero-order valence-electron chi connectivity index (χ0n) is 24.0. The molecule has 4 rings (SSSR count). The highest BCUT2D eigenvalue weighted by Gasteiger charge is 2.45. The fraction of sp³-hybridized carbons (Fsp3) is 0.375. The minimum absolute atomic E-state index is 0.217. The van der Waals surface area contributed by atoms with E-state index in [0.717, 1.165) is 11.1 Å². The molecule has 2 N–H and O–H groups in total. The third-order valence-corrected chi connectivity index (χ3v) is 7.68. The molecule has 0 saturated carbocycles. The highest BCUT2D eigenvalue weighted by atomic mass is 19.1. The molecule has 1 saturated heterocycles. The number of carbonyl (C=O) groups is 2. The molecule has 3 aromatic rings. The maximum Gasteiger partial charge on any atom is 0.267 e. The highest BCUT2D eigenvalue weighted by molar-refractivity contribution is 5.96. The number of halogens is 1. The monoisotopic (exact) mass is 560 g/mol. The summed E-state index contributed by atoms with van der Waals surface area (Å²) in [6.07, 6.45) is 3.39. The van der Waals surface area contributed by atoms with Crippen LogP contribution in [0.15, 0.2) is 66.0 Å². The van der Waals surface area contributed by atoms with Crippen molar-refractivity contribution in [2.75, 3.05) is 13.2 Å². The fourth-order valence-corrected chi connectivity index (χ4v) is 5.53. The van der Waals surface area contributed by atoms with Crippen LogP contribution in [-0.4, -0.2) is 51.7 Å². The number of amides is 2. The molecule has 1 fully saturated rings. The van der Waals surface area contributed by atoms with Gasteiger partial charge >= 0.3 is 0 Å². The number of rotatable bonds is 10. The molecule has 1 aliphatic rings. The van der Waals surface area contributed by atoms with Crippen LogP contribution in [-0.2, 0) is 16.0 Å². The van der Waals surface area contributed by atoms with Gasteiger partial charge < -0.3 is 15.0 Å². The second kappa shape index (κ2) is 12.6. The first-order chi connectivity index (χ1) is 19.5. The predicted molar refractivity (Wildman–Crippen MR) is 155 cm³/mol. The maximum atomic E-state index is 14.1. The SMILES string of the molecule is C=CCOC(C)(C)[C@H]1CC[C@@H](c2cccc(F)c2)N1C(=O)CNC(=O)c1ccc(Cc2cc(C)n[nH]c2=O)c(C)c1. The lowest BCUT2D eigenvalue weighted by molar-refractivity contribution is -0.141. The molecule has 2 amide bonds. The number of H-pyrrole nitrogens is 1. The molecule has 41 heavy (non-hydrogen) atoms. The van der Waals surface area contributed by atoms with Crippen LogP contribution in [0.3, 0.4) is 0 Å². The summed E-state index contributed by atoms with van der Waals surface area (Å²) in [5.41, 5.74) is 3.26. The molecule has 1 aromatic heterocycles. The first-order valence-corrected chi connectivity index (χ1v) is 13.7. The summed E-state index contributed by atoms with van der Waals surface area (Å²) in [6, 6.07) is 12.7. The summed E-state index contributed by atoms with van der Waals surface area (Å²) in [6.45, 7) is 11.4. The normalized spacial score (nSPS) is 17.0. The van der Waals surface area contributed by atoms with Gasteiger partial charge in [-0.3, -0.25) is 14.4 Å². The Morgan fingerprint density at radius 2 is 1.95 bits per heavy atom. The van der Waals surface area contributed by atoms with Gasteiger partial charge in [-0.15, -0.1) is 6.58 Å². The van der Waals surface area contributed by atoms with Gasteiger partial charge in [0.2, 0.25) is 5.91 Å². The molecule has 216 valence electrons. The number of likely N-dealkylation sites (tertiary alicyclic amines) is 1. The molecule has 2 atom stereocenters. The highest BCUT2D eigenvalue weighted by Crippen LogP contribution is 2.41. The molecule has 0 unspecified atom stereocenters. The molecule has 2 aromatic carbocycles. The van der Waals surface area contributed by atoms with Crippen LogP contribution >= 0.6 is 0 Å². The van der Waals surface area contributed by atoms with Crippen LogP contribution in [0.1, 0.15) is 71.0 Å². The number of hydrogen-bond donors (Lipinski definition) is 2. The number of aromatic amines is 1. The molecule has 1 aliphatic heterocycles. The molecule has 0 aliphatic carbocycles. The van der Waals surface area contributed by atoms with Crippen LogP contribution in [0.2, 0.25) is 0 Å². The van der Waals surface area contributed by atoms with Gasteiger partial charge in [-0.25, -0.2) is 9.49 Å². The molecule has 0 spiro atoms. The summed E-state index contributed by atoms with van der Waals surface area (Å²) >= 11 is 0. The van der Waals surface area contributed by atoms with Crippen molar-refractivity contribution in [3.05, 3.63) is 111 Å². The van der Waals surface area contributed by atoms with Gasteiger partial charge in [-0.1, -0.05) is 24.3 Å². The summed E-state index contributed by atoms with van der Waals surface area (Å²) < 4.78 is 20.1. The number of ether oxygens (including phenoxy) is 1. The van der Waals surface area contributed by atoms with Crippen LogP contribution in [0.5, 0.6) is 0 Å². The van der Waals surface area contributed by atoms with E-state index in [4.69, 9.17) is 4.74 Å². The van der Waals surface area contributed by atoms with Crippen molar-refractivity contribution in [2.45, 2.75) is 64.6 Å². The van der Waals surface area contributed by atoms with Crippen molar-refractivity contribution in [3.63, 3.8) is 0 Å². The van der Waals surface area contributed by atoms with Gasteiger partial charge in [0.05, 0.1) is 36.5 Å². The van der Waals surface area contributed by atoms with E-state index < -0.39 is 5.60 Å². The lowest BCUT2D eigenvalue weighted by Crippen LogP contribution is -2.52. The summed E-state index contributed by atoms with van der Waals surface area (Å²) in [4.78, 5) is 40.6. The molecular formula is C32H37FN4O4. The fourth-order valence-electron chi connectivity index (χ4n) is 5.53. The Balaban J connectivity index is 1.49. The van der Waals surface area contributed by atoms with Crippen LogP contribution < -0.4 is 10.9 Å². The van der Waals surface area contributed by atoms with Gasteiger partial charge in [0.25, 0.3) is 11.5 Å². The molecule has 0 radical (unpaired) electrons. The summed E-state index contributed by atoms with van der Waals surface area (Å²) in [5.74, 6) is -1.02. The lowest BCUT2D eigenvalue weighted by Gasteiger charge is -2.40. The smallest absolute Gasteiger partial charge is 0.267 e. The number of carbonyl (C=O) groups excluding carboxylic acids is 2. The van der Waals surface area contributed by atoms with E-state index >= 15 is 0 Å². The quantitative estimate of drug-likeness (QED) is 0.354. The Labute approximate surface area is 239 Å². The largest absolute Gasteiger partial charge is 0.369 e.